The highest BCUT2D eigenvalue weighted by Gasteiger charge is 2.57. The number of carbonyl (C=O) groups is 2. The monoisotopic (exact) mass is 335 g/mol. The van der Waals surface area contributed by atoms with E-state index in [1.54, 1.807) is 18.4 Å². The van der Waals surface area contributed by atoms with Crippen molar-refractivity contribution in [1.82, 2.24) is 15.1 Å². The van der Waals surface area contributed by atoms with Gasteiger partial charge in [0.2, 0.25) is 11.8 Å². The summed E-state index contributed by atoms with van der Waals surface area (Å²) in [5, 5.41) is 7.56. The van der Waals surface area contributed by atoms with Gasteiger partial charge in [-0.25, -0.2) is 0 Å². The minimum Gasteiger partial charge on any atom is -0.337 e. The Kier molecular flexibility index (Phi) is 4.73. The molecule has 1 spiro atoms. The van der Waals surface area contributed by atoms with Crippen LogP contribution >= 0.6 is 11.3 Å². The number of nitrogens with zero attached hydrogens (tertiary/aromatic N) is 2. The number of amides is 2. The summed E-state index contributed by atoms with van der Waals surface area (Å²) >= 11 is 1.66. The first kappa shape index (κ1) is 16.5. The number of thiophene rings is 1. The van der Waals surface area contributed by atoms with Crippen LogP contribution < -0.4 is 5.32 Å². The Balaban J connectivity index is 1.72. The van der Waals surface area contributed by atoms with E-state index in [9.17, 15) is 9.59 Å². The van der Waals surface area contributed by atoms with Crippen molar-refractivity contribution in [2.24, 2.45) is 5.41 Å². The molecule has 1 N–H and O–H groups in total. The molecular formula is C17H25N3O2S. The number of likely N-dealkylation sites (N-methyl/N-ethyl adjacent to an activating group) is 1. The molecule has 6 heteroatoms. The third-order valence-electron chi connectivity index (χ3n) is 5.29. The SMILES string of the molecule is CC(=O)N(C)CC(=O)N(Cc1ccsc1)C1CC12CCNCC2. The summed E-state index contributed by atoms with van der Waals surface area (Å²) in [6.45, 7) is 4.43. The van der Waals surface area contributed by atoms with Gasteiger partial charge in [0.05, 0.1) is 6.54 Å². The second kappa shape index (κ2) is 6.61. The maximum Gasteiger partial charge on any atom is 0.242 e. The van der Waals surface area contributed by atoms with Crippen LogP contribution in [0.3, 0.4) is 0 Å². The fraction of sp³-hybridized carbons (Fsp3) is 0.647. The van der Waals surface area contributed by atoms with Gasteiger partial charge in [-0.1, -0.05) is 0 Å². The van der Waals surface area contributed by atoms with Gasteiger partial charge in [0.25, 0.3) is 0 Å². The van der Waals surface area contributed by atoms with Crippen LogP contribution in [0.4, 0.5) is 0 Å². The van der Waals surface area contributed by atoms with E-state index in [2.05, 4.69) is 16.8 Å². The molecule has 5 nitrogen and oxygen atoms in total. The molecule has 2 heterocycles. The van der Waals surface area contributed by atoms with Crippen molar-refractivity contribution in [3.63, 3.8) is 0 Å². The lowest BCUT2D eigenvalue weighted by Crippen LogP contribution is -2.44. The molecule has 1 saturated carbocycles. The summed E-state index contributed by atoms with van der Waals surface area (Å²) in [7, 11) is 1.69. The Hall–Kier alpha value is -1.40. The molecule has 126 valence electrons. The first-order valence-corrected chi connectivity index (χ1v) is 9.19. The Morgan fingerprint density at radius 2 is 2.13 bits per heavy atom. The van der Waals surface area contributed by atoms with Crippen LogP contribution in [0, 0.1) is 5.41 Å². The zero-order valence-corrected chi connectivity index (χ0v) is 14.7. The molecule has 23 heavy (non-hydrogen) atoms. The van der Waals surface area contributed by atoms with E-state index in [0.29, 0.717) is 18.0 Å². The van der Waals surface area contributed by atoms with Crippen LogP contribution in [0.25, 0.3) is 0 Å². The number of hydrogen-bond acceptors (Lipinski definition) is 4. The molecule has 3 rings (SSSR count). The van der Waals surface area contributed by atoms with E-state index >= 15 is 0 Å². The third kappa shape index (κ3) is 3.58. The van der Waals surface area contributed by atoms with Gasteiger partial charge in [-0.2, -0.15) is 11.3 Å². The van der Waals surface area contributed by atoms with Crippen LogP contribution in [-0.2, 0) is 16.1 Å². The molecule has 2 aliphatic rings. The summed E-state index contributed by atoms with van der Waals surface area (Å²) in [4.78, 5) is 27.8. The quantitative estimate of drug-likeness (QED) is 0.891. The zero-order valence-electron chi connectivity index (χ0n) is 13.9. The van der Waals surface area contributed by atoms with Gasteiger partial charge in [-0.15, -0.1) is 0 Å². The molecule has 1 aliphatic carbocycles. The predicted molar refractivity (Wildman–Crippen MR) is 91.1 cm³/mol. The van der Waals surface area contributed by atoms with Crippen molar-refractivity contribution >= 4 is 23.2 Å². The molecule has 1 aromatic rings. The van der Waals surface area contributed by atoms with Gasteiger partial charge < -0.3 is 15.1 Å². The van der Waals surface area contributed by atoms with Crippen molar-refractivity contribution in [3.05, 3.63) is 22.4 Å². The van der Waals surface area contributed by atoms with E-state index in [0.717, 1.165) is 32.4 Å². The lowest BCUT2D eigenvalue weighted by molar-refractivity contribution is -0.139. The first-order chi connectivity index (χ1) is 11.0. The highest BCUT2D eigenvalue weighted by atomic mass is 32.1. The van der Waals surface area contributed by atoms with Gasteiger partial charge >= 0.3 is 0 Å². The molecule has 1 aliphatic heterocycles. The average Bonchev–Trinajstić information content (AvgIpc) is 2.97. The number of rotatable bonds is 5. The summed E-state index contributed by atoms with van der Waals surface area (Å²) in [6.07, 6.45) is 3.40. The third-order valence-corrected chi connectivity index (χ3v) is 6.02. The molecule has 1 aromatic heterocycles. The summed E-state index contributed by atoms with van der Waals surface area (Å²) in [5.41, 5.74) is 1.50. The molecule has 1 saturated heterocycles. The predicted octanol–water partition coefficient (Wildman–Crippen LogP) is 1.70. The minimum atomic E-state index is -0.0683. The van der Waals surface area contributed by atoms with Gasteiger partial charge in [0.1, 0.15) is 0 Å². The normalized spacial score (nSPS) is 21.9. The zero-order chi connectivity index (χ0) is 16.4. The van der Waals surface area contributed by atoms with Gasteiger partial charge in [-0.3, -0.25) is 9.59 Å². The van der Waals surface area contributed by atoms with Crippen LogP contribution in [0.5, 0.6) is 0 Å². The van der Waals surface area contributed by atoms with Crippen molar-refractivity contribution < 1.29 is 9.59 Å². The van der Waals surface area contributed by atoms with E-state index in [-0.39, 0.29) is 18.4 Å². The van der Waals surface area contributed by atoms with E-state index in [4.69, 9.17) is 0 Å². The fourth-order valence-electron chi connectivity index (χ4n) is 3.59. The molecule has 2 fully saturated rings. The summed E-state index contributed by atoms with van der Waals surface area (Å²) in [6, 6.07) is 2.41. The molecule has 2 amide bonds. The molecule has 0 radical (unpaired) electrons. The topological polar surface area (TPSA) is 52.7 Å². The van der Waals surface area contributed by atoms with Crippen LogP contribution in [0.2, 0.25) is 0 Å². The maximum absolute atomic E-state index is 12.8. The van der Waals surface area contributed by atoms with Gasteiger partial charge in [0, 0.05) is 26.6 Å². The average molecular weight is 335 g/mol. The van der Waals surface area contributed by atoms with Crippen LogP contribution in [0.15, 0.2) is 16.8 Å². The standard InChI is InChI=1S/C17H25N3O2S/c1-13(21)19(2)11-16(22)20(10-14-3-8-23-12-14)15-9-17(15)4-6-18-7-5-17/h3,8,12,15,18H,4-7,9-11H2,1-2H3. The van der Waals surface area contributed by atoms with E-state index in [1.165, 1.54) is 17.4 Å². The van der Waals surface area contributed by atoms with Crippen molar-refractivity contribution in [3.8, 4) is 0 Å². The molecule has 1 unspecified atom stereocenters. The van der Waals surface area contributed by atoms with Crippen molar-refractivity contribution in [1.29, 1.82) is 0 Å². The largest absolute Gasteiger partial charge is 0.337 e. The van der Waals surface area contributed by atoms with Gasteiger partial charge in [-0.05, 0) is 60.2 Å². The number of carbonyl (C=O) groups excluding carboxylic acids is 2. The van der Waals surface area contributed by atoms with E-state index in [1.807, 2.05) is 10.3 Å². The van der Waals surface area contributed by atoms with Crippen LogP contribution in [0.1, 0.15) is 31.7 Å². The Bertz CT molecular complexity index is 566. The highest BCUT2D eigenvalue weighted by molar-refractivity contribution is 7.07. The molecular weight excluding hydrogens is 310 g/mol. The molecule has 0 bridgehead atoms. The second-order valence-electron chi connectivity index (χ2n) is 6.86. The fourth-order valence-corrected chi connectivity index (χ4v) is 4.25. The Morgan fingerprint density at radius 1 is 1.39 bits per heavy atom. The van der Waals surface area contributed by atoms with Crippen LogP contribution in [-0.4, -0.2) is 54.3 Å². The molecule has 0 aromatic carbocycles. The lowest BCUT2D eigenvalue weighted by Gasteiger charge is -2.30. The summed E-state index contributed by atoms with van der Waals surface area (Å²) in [5.74, 6) is -0.00415. The smallest absolute Gasteiger partial charge is 0.242 e. The Labute approximate surface area is 141 Å². The number of piperidine rings is 1. The molecule has 1 atom stereocenters. The second-order valence-corrected chi connectivity index (χ2v) is 7.64. The van der Waals surface area contributed by atoms with E-state index < -0.39 is 0 Å². The summed E-state index contributed by atoms with van der Waals surface area (Å²) < 4.78 is 0. The minimum absolute atomic E-state index is 0.0642. The Morgan fingerprint density at radius 3 is 2.74 bits per heavy atom. The maximum atomic E-state index is 12.8. The van der Waals surface area contributed by atoms with Crippen molar-refractivity contribution in [2.45, 2.75) is 38.8 Å². The van der Waals surface area contributed by atoms with Crippen molar-refractivity contribution in [2.75, 3.05) is 26.7 Å². The lowest BCUT2D eigenvalue weighted by atomic mass is 9.93. The number of hydrogen-bond donors (Lipinski definition) is 1. The first-order valence-electron chi connectivity index (χ1n) is 8.25. The number of nitrogens with one attached hydrogen (secondary N) is 1. The highest BCUT2D eigenvalue weighted by Crippen LogP contribution is 2.56. The van der Waals surface area contributed by atoms with Gasteiger partial charge in [0.15, 0.2) is 0 Å².